The average Bonchev–Trinajstić information content (AvgIpc) is 2.18. The van der Waals surface area contributed by atoms with Gasteiger partial charge in [0.1, 0.15) is 0 Å². The third-order valence-electron chi connectivity index (χ3n) is 2.49. The first kappa shape index (κ1) is 11.5. The minimum atomic E-state index is 0.0763. The van der Waals surface area contributed by atoms with Gasteiger partial charge in [-0.2, -0.15) is 0 Å². The molecule has 1 aliphatic rings. The van der Waals surface area contributed by atoms with Gasteiger partial charge in [-0.15, -0.1) is 0 Å². The van der Waals surface area contributed by atoms with Crippen molar-refractivity contribution in [2.45, 2.75) is 19.9 Å². The van der Waals surface area contributed by atoms with Gasteiger partial charge in [-0.1, -0.05) is 13.8 Å². The van der Waals surface area contributed by atoms with E-state index in [1.165, 1.54) is 0 Å². The Bertz CT molecular complexity index is 193. The van der Waals surface area contributed by atoms with Crippen molar-refractivity contribution in [2.24, 2.45) is 5.92 Å². The van der Waals surface area contributed by atoms with Gasteiger partial charge in [-0.25, -0.2) is 0 Å². The molecule has 0 saturated carbocycles. The van der Waals surface area contributed by atoms with E-state index in [2.05, 4.69) is 5.32 Å². The molecular formula is C10H20N2O2. The summed E-state index contributed by atoms with van der Waals surface area (Å²) in [4.78, 5) is 13.8. The molecule has 0 spiro atoms. The second kappa shape index (κ2) is 5.32. The van der Waals surface area contributed by atoms with Gasteiger partial charge in [0.25, 0.3) is 0 Å². The topological polar surface area (TPSA) is 41.6 Å². The molecule has 82 valence electrons. The number of hydrogen-bond acceptors (Lipinski definition) is 3. The molecule has 4 nitrogen and oxygen atoms in total. The summed E-state index contributed by atoms with van der Waals surface area (Å²) in [5, 5.41) is 3.27. The summed E-state index contributed by atoms with van der Waals surface area (Å²) in [5.74, 6) is 0.306. The molecular weight excluding hydrogens is 180 g/mol. The number of rotatable bonds is 3. The molecule has 1 aliphatic heterocycles. The molecule has 0 bridgehead atoms. The Labute approximate surface area is 85.6 Å². The van der Waals surface area contributed by atoms with Crippen LogP contribution in [-0.4, -0.2) is 50.2 Å². The largest absolute Gasteiger partial charge is 0.382 e. The van der Waals surface area contributed by atoms with Crippen LogP contribution in [0.15, 0.2) is 0 Å². The predicted octanol–water partition coefficient (Wildman–Crippen LogP) is 0.0892. The van der Waals surface area contributed by atoms with Crippen LogP contribution < -0.4 is 5.32 Å². The van der Waals surface area contributed by atoms with Crippen LogP contribution in [0.3, 0.4) is 0 Å². The number of hydrogen-bond donors (Lipinski definition) is 1. The normalized spacial score (nSPS) is 22.9. The Morgan fingerprint density at radius 3 is 2.93 bits per heavy atom. The second-order valence-corrected chi connectivity index (χ2v) is 4.00. The summed E-state index contributed by atoms with van der Waals surface area (Å²) in [5.41, 5.74) is 0. The van der Waals surface area contributed by atoms with Gasteiger partial charge in [0.15, 0.2) is 0 Å². The minimum Gasteiger partial charge on any atom is -0.382 e. The van der Waals surface area contributed by atoms with Crippen LogP contribution in [-0.2, 0) is 9.53 Å². The maximum Gasteiger partial charge on any atom is 0.225 e. The van der Waals surface area contributed by atoms with E-state index in [9.17, 15) is 4.79 Å². The zero-order chi connectivity index (χ0) is 10.6. The number of carbonyl (C=O) groups excluding carboxylic acids is 1. The van der Waals surface area contributed by atoms with Crippen LogP contribution in [0.1, 0.15) is 13.8 Å². The van der Waals surface area contributed by atoms with Crippen molar-refractivity contribution in [1.29, 1.82) is 0 Å². The summed E-state index contributed by atoms with van der Waals surface area (Å²) in [6.45, 7) is 7.02. The molecule has 1 saturated heterocycles. The van der Waals surface area contributed by atoms with Crippen molar-refractivity contribution < 1.29 is 9.53 Å². The summed E-state index contributed by atoms with van der Waals surface area (Å²) >= 11 is 0. The van der Waals surface area contributed by atoms with Crippen molar-refractivity contribution in [3.63, 3.8) is 0 Å². The number of ether oxygens (including phenoxy) is 1. The Morgan fingerprint density at radius 1 is 1.64 bits per heavy atom. The molecule has 0 radical (unpaired) electrons. The molecule has 0 aromatic carbocycles. The van der Waals surface area contributed by atoms with Crippen LogP contribution in [0, 0.1) is 5.92 Å². The molecule has 0 aromatic heterocycles. The molecule has 14 heavy (non-hydrogen) atoms. The van der Waals surface area contributed by atoms with Crippen LogP contribution in [0.2, 0.25) is 0 Å². The maximum atomic E-state index is 11.8. The van der Waals surface area contributed by atoms with Crippen molar-refractivity contribution in [3.05, 3.63) is 0 Å². The zero-order valence-electron chi connectivity index (χ0n) is 9.25. The van der Waals surface area contributed by atoms with E-state index in [-0.39, 0.29) is 17.9 Å². The average molecular weight is 200 g/mol. The van der Waals surface area contributed by atoms with Crippen LogP contribution in [0.25, 0.3) is 0 Å². The van der Waals surface area contributed by atoms with Crippen molar-refractivity contribution in [3.8, 4) is 0 Å². The lowest BCUT2D eigenvalue weighted by molar-refractivity contribution is -0.138. The standard InChI is InChI=1S/C10H20N2O2/c1-8(2)10(13)12-5-4-11-6-9(12)7-14-3/h8-9,11H,4-7H2,1-3H3. The summed E-state index contributed by atoms with van der Waals surface area (Å²) in [7, 11) is 1.67. The molecule has 1 atom stereocenters. The summed E-state index contributed by atoms with van der Waals surface area (Å²) in [6, 6.07) is 0.198. The van der Waals surface area contributed by atoms with E-state index in [0.29, 0.717) is 6.61 Å². The SMILES string of the molecule is COCC1CNCCN1C(=O)C(C)C. The van der Waals surface area contributed by atoms with E-state index in [4.69, 9.17) is 4.74 Å². The number of nitrogens with one attached hydrogen (secondary N) is 1. The van der Waals surface area contributed by atoms with Gasteiger partial charge in [0, 0.05) is 32.7 Å². The smallest absolute Gasteiger partial charge is 0.225 e. The first-order valence-electron chi connectivity index (χ1n) is 5.17. The molecule has 4 heteroatoms. The Morgan fingerprint density at radius 2 is 2.36 bits per heavy atom. The Hall–Kier alpha value is -0.610. The monoisotopic (exact) mass is 200 g/mol. The van der Waals surface area contributed by atoms with E-state index in [1.807, 2.05) is 18.7 Å². The molecule has 1 N–H and O–H groups in total. The highest BCUT2D eigenvalue weighted by molar-refractivity contribution is 5.78. The summed E-state index contributed by atoms with van der Waals surface area (Å²) < 4.78 is 5.11. The molecule has 1 heterocycles. The van der Waals surface area contributed by atoms with Gasteiger partial charge in [0.2, 0.25) is 5.91 Å². The zero-order valence-corrected chi connectivity index (χ0v) is 9.25. The van der Waals surface area contributed by atoms with Crippen molar-refractivity contribution in [1.82, 2.24) is 10.2 Å². The Kier molecular flexibility index (Phi) is 4.35. The fourth-order valence-corrected chi connectivity index (χ4v) is 1.72. The second-order valence-electron chi connectivity index (χ2n) is 4.00. The lowest BCUT2D eigenvalue weighted by atomic mass is 10.1. The first-order chi connectivity index (χ1) is 6.66. The highest BCUT2D eigenvalue weighted by atomic mass is 16.5. The van der Waals surface area contributed by atoms with Crippen LogP contribution in [0.5, 0.6) is 0 Å². The summed E-state index contributed by atoms with van der Waals surface area (Å²) in [6.07, 6.45) is 0. The van der Waals surface area contributed by atoms with Gasteiger partial charge < -0.3 is 15.0 Å². The fourth-order valence-electron chi connectivity index (χ4n) is 1.72. The molecule has 1 rings (SSSR count). The van der Waals surface area contributed by atoms with Crippen LogP contribution >= 0.6 is 0 Å². The van der Waals surface area contributed by atoms with Gasteiger partial charge in [-0.3, -0.25) is 4.79 Å². The van der Waals surface area contributed by atoms with E-state index >= 15 is 0 Å². The number of nitrogens with zero attached hydrogens (tertiary/aromatic N) is 1. The fraction of sp³-hybridized carbons (Fsp3) is 0.900. The van der Waals surface area contributed by atoms with Gasteiger partial charge in [0.05, 0.1) is 12.6 Å². The lowest BCUT2D eigenvalue weighted by Gasteiger charge is -2.36. The third kappa shape index (κ3) is 2.69. The number of piperazine rings is 1. The molecule has 1 fully saturated rings. The minimum absolute atomic E-state index is 0.0763. The quantitative estimate of drug-likeness (QED) is 0.702. The molecule has 0 aliphatic carbocycles. The highest BCUT2D eigenvalue weighted by Gasteiger charge is 2.27. The molecule has 0 aromatic rings. The molecule has 1 amide bonds. The van der Waals surface area contributed by atoms with Gasteiger partial charge >= 0.3 is 0 Å². The number of methoxy groups -OCH3 is 1. The van der Waals surface area contributed by atoms with E-state index in [1.54, 1.807) is 7.11 Å². The number of carbonyl (C=O) groups is 1. The van der Waals surface area contributed by atoms with Crippen molar-refractivity contribution >= 4 is 5.91 Å². The van der Waals surface area contributed by atoms with Crippen LogP contribution in [0.4, 0.5) is 0 Å². The van der Waals surface area contributed by atoms with Crippen molar-refractivity contribution in [2.75, 3.05) is 33.4 Å². The maximum absolute atomic E-state index is 11.8. The van der Waals surface area contributed by atoms with E-state index in [0.717, 1.165) is 19.6 Å². The predicted molar refractivity (Wildman–Crippen MR) is 55.1 cm³/mol. The van der Waals surface area contributed by atoms with Gasteiger partial charge in [-0.05, 0) is 0 Å². The lowest BCUT2D eigenvalue weighted by Crippen LogP contribution is -2.56. The molecule has 1 unspecified atom stereocenters. The number of amides is 1. The first-order valence-corrected chi connectivity index (χ1v) is 5.17. The third-order valence-corrected chi connectivity index (χ3v) is 2.49. The highest BCUT2D eigenvalue weighted by Crippen LogP contribution is 2.09. The Balaban J connectivity index is 2.57. The van der Waals surface area contributed by atoms with E-state index < -0.39 is 0 Å².